The summed E-state index contributed by atoms with van der Waals surface area (Å²) >= 11 is 0. The quantitative estimate of drug-likeness (QED) is 0.482. The van der Waals surface area contributed by atoms with Crippen LogP contribution in [-0.4, -0.2) is 28.7 Å². The van der Waals surface area contributed by atoms with Crippen LogP contribution in [0.1, 0.15) is 25.7 Å². The fourth-order valence-electron chi connectivity index (χ4n) is 2.30. The van der Waals surface area contributed by atoms with Crippen molar-refractivity contribution >= 4 is 5.91 Å². The van der Waals surface area contributed by atoms with Gasteiger partial charge in [-0.2, -0.15) is 0 Å². The molecule has 0 radical (unpaired) electrons. The van der Waals surface area contributed by atoms with Gasteiger partial charge in [0.25, 0.3) is 0 Å². The van der Waals surface area contributed by atoms with Crippen molar-refractivity contribution in [2.45, 2.75) is 31.7 Å². The zero-order valence-electron chi connectivity index (χ0n) is 7.65. The number of β-lactam (4-membered cyclic amide) rings is 1. The highest BCUT2D eigenvalue weighted by molar-refractivity contribution is 5.85. The Bertz CT molecular complexity index is 237. The molecular formula is C10H15NO2. The summed E-state index contributed by atoms with van der Waals surface area (Å²) in [6.07, 6.45) is 8.33. The molecule has 1 aliphatic heterocycles. The second-order valence-corrected chi connectivity index (χ2v) is 3.75. The van der Waals surface area contributed by atoms with Crippen LogP contribution in [0.25, 0.3) is 0 Å². The van der Waals surface area contributed by atoms with Gasteiger partial charge in [-0.1, -0.05) is 12.2 Å². The lowest BCUT2D eigenvalue weighted by molar-refractivity contribution is -0.164. The number of carbonyl (C=O) groups excluding carboxylic acids is 1. The molecule has 1 fully saturated rings. The number of aliphatic hydroxyl groups is 1. The Labute approximate surface area is 78.0 Å². The van der Waals surface area contributed by atoms with E-state index in [-0.39, 0.29) is 18.6 Å². The molecule has 13 heavy (non-hydrogen) atoms. The summed E-state index contributed by atoms with van der Waals surface area (Å²) in [5.41, 5.74) is 0. The average Bonchev–Trinajstić information content (AvgIpc) is 2.09. The molecule has 0 bridgehead atoms. The molecule has 0 unspecified atom stereocenters. The maximum absolute atomic E-state index is 11.4. The van der Waals surface area contributed by atoms with Crippen molar-refractivity contribution in [3.8, 4) is 0 Å². The molecule has 0 saturated carbocycles. The van der Waals surface area contributed by atoms with Gasteiger partial charge in [-0.25, -0.2) is 0 Å². The van der Waals surface area contributed by atoms with Gasteiger partial charge >= 0.3 is 0 Å². The van der Waals surface area contributed by atoms with E-state index in [1.54, 1.807) is 4.90 Å². The molecule has 1 saturated heterocycles. The van der Waals surface area contributed by atoms with Crippen LogP contribution < -0.4 is 0 Å². The Kier molecular flexibility index (Phi) is 2.36. The highest BCUT2D eigenvalue weighted by Crippen LogP contribution is 2.34. The van der Waals surface area contributed by atoms with E-state index in [1.165, 1.54) is 0 Å². The zero-order chi connectivity index (χ0) is 9.26. The lowest BCUT2D eigenvalue weighted by atomic mass is 9.80. The molecule has 1 aliphatic carbocycles. The topological polar surface area (TPSA) is 40.5 Å². The smallest absolute Gasteiger partial charge is 0.229 e. The summed E-state index contributed by atoms with van der Waals surface area (Å²) in [6.45, 7) is -0.107. The van der Waals surface area contributed by atoms with Crippen LogP contribution in [0.2, 0.25) is 0 Å². The first-order valence-electron chi connectivity index (χ1n) is 4.91. The Hall–Kier alpha value is -0.830. The van der Waals surface area contributed by atoms with Crippen molar-refractivity contribution in [1.82, 2.24) is 4.90 Å². The van der Waals surface area contributed by atoms with Gasteiger partial charge in [-0.3, -0.25) is 4.79 Å². The van der Waals surface area contributed by atoms with Crippen molar-refractivity contribution in [1.29, 1.82) is 0 Å². The minimum Gasteiger partial charge on any atom is -0.376 e. The number of fused-ring (bicyclic) bond motifs is 1. The lowest BCUT2D eigenvalue weighted by Gasteiger charge is -2.46. The summed E-state index contributed by atoms with van der Waals surface area (Å²) in [6, 6.07) is 0.308. The predicted molar refractivity (Wildman–Crippen MR) is 48.8 cm³/mol. The number of allylic oxidation sites excluding steroid dienone is 2. The molecule has 0 aromatic carbocycles. The van der Waals surface area contributed by atoms with Crippen LogP contribution in [0.4, 0.5) is 0 Å². The minimum atomic E-state index is -0.107. The molecule has 2 rings (SSSR count). The Morgan fingerprint density at radius 2 is 2.08 bits per heavy atom. The number of rotatable bonds is 1. The fraction of sp³-hybridized carbons (Fsp3) is 0.700. The summed E-state index contributed by atoms with van der Waals surface area (Å²) in [5.74, 6) is 0.333. The van der Waals surface area contributed by atoms with Gasteiger partial charge < -0.3 is 10.0 Å². The highest BCUT2D eigenvalue weighted by atomic mass is 16.3. The van der Waals surface area contributed by atoms with Gasteiger partial charge in [-0.05, 0) is 25.7 Å². The second-order valence-electron chi connectivity index (χ2n) is 3.75. The van der Waals surface area contributed by atoms with E-state index in [9.17, 15) is 4.79 Å². The standard InChI is InChI=1S/C10H15NO2/c12-7-11-9-6-4-2-1-3-5-8(9)10(11)13/h1-2,8-9,12H,3-7H2/b2-1-/t8-,9+/m1/s1. The molecule has 2 aliphatic rings. The molecule has 0 spiro atoms. The van der Waals surface area contributed by atoms with Crippen molar-refractivity contribution in [2.75, 3.05) is 6.73 Å². The van der Waals surface area contributed by atoms with Gasteiger partial charge in [0.1, 0.15) is 6.73 Å². The van der Waals surface area contributed by atoms with Crippen molar-refractivity contribution in [3.63, 3.8) is 0 Å². The molecule has 0 aromatic heterocycles. The predicted octanol–water partition coefficient (Wildman–Crippen LogP) is 0.893. The molecule has 72 valence electrons. The molecule has 3 heteroatoms. The van der Waals surface area contributed by atoms with Gasteiger partial charge in [-0.15, -0.1) is 0 Å². The molecule has 3 nitrogen and oxygen atoms in total. The number of hydrogen-bond donors (Lipinski definition) is 1. The average molecular weight is 181 g/mol. The minimum absolute atomic E-state index is 0.107. The molecule has 2 atom stereocenters. The van der Waals surface area contributed by atoms with E-state index in [1.807, 2.05) is 0 Å². The number of likely N-dealkylation sites (tertiary alicyclic amines) is 1. The zero-order valence-corrected chi connectivity index (χ0v) is 7.65. The van der Waals surface area contributed by atoms with Gasteiger partial charge in [0, 0.05) is 6.04 Å². The number of amides is 1. The monoisotopic (exact) mass is 181 g/mol. The SMILES string of the molecule is O=C1[C@@H]2CC/C=C\CC[C@@H]2N1CO. The Morgan fingerprint density at radius 1 is 1.38 bits per heavy atom. The van der Waals surface area contributed by atoms with Crippen LogP contribution in [0.15, 0.2) is 12.2 Å². The number of nitrogens with zero attached hydrogens (tertiary/aromatic N) is 1. The van der Waals surface area contributed by atoms with E-state index in [4.69, 9.17) is 5.11 Å². The van der Waals surface area contributed by atoms with Crippen LogP contribution >= 0.6 is 0 Å². The molecule has 0 aromatic rings. The van der Waals surface area contributed by atoms with Crippen molar-refractivity contribution in [3.05, 3.63) is 12.2 Å². The maximum atomic E-state index is 11.4. The molecule has 1 amide bonds. The highest BCUT2D eigenvalue weighted by Gasteiger charge is 2.45. The Balaban J connectivity index is 2.04. The van der Waals surface area contributed by atoms with Crippen LogP contribution in [-0.2, 0) is 4.79 Å². The molecule has 1 N–H and O–H groups in total. The lowest BCUT2D eigenvalue weighted by Crippen LogP contribution is -2.61. The van der Waals surface area contributed by atoms with Crippen LogP contribution in [0.3, 0.4) is 0 Å². The maximum Gasteiger partial charge on any atom is 0.229 e. The second kappa shape index (κ2) is 3.50. The fourth-order valence-corrected chi connectivity index (χ4v) is 2.30. The molecule has 1 heterocycles. The van der Waals surface area contributed by atoms with E-state index in [0.717, 1.165) is 25.7 Å². The van der Waals surface area contributed by atoms with Gasteiger partial charge in [0.05, 0.1) is 5.92 Å². The van der Waals surface area contributed by atoms with Crippen LogP contribution in [0, 0.1) is 5.92 Å². The van der Waals surface area contributed by atoms with E-state index in [2.05, 4.69) is 12.2 Å². The summed E-state index contributed by atoms with van der Waals surface area (Å²) < 4.78 is 0. The third kappa shape index (κ3) is 1.37. The van der Waals surface area contributed by atoms with E-state index >= 15 is 0 Å². The van der Waals surface area contributed by atoms with Gasteiger partial charge in [0.15, 0.2) is 0 Å². The summed E-state index contributed by atoms with van der Waals surface area (Å²) in [4.78, 5) is 13.0. The summed E-state index contributed by atoms with van der Waals surface area (Å²) in [7, 11) is 0. The first kappa shape index (κ1) is 8.75. The normalized spacial score (nSPS) is 35.8. The molecular weight excluding hydrogens is 166 g/mol. The van der Waals surface area contributed by atoms with E-state index < -0.39 is 0 Å². The van der Waals surface area contributed by atoms with Crippen LogP contribution in [0.5, 0.6) is 0 Å². The number of carbonyl (C=O) groups is 1. The van der Waals surface area contributed by atoms with Gasteiger partial charge in [0.2, 0.25) is 5.91 Å². The van der Waals surface area contributed by atoms with Crippen molar-refractivity contribution < 1.29 is 9.90 Å². The van der Waals surface area contributed by atoms with E-state index in [0.29, 0.717) is 6.04 Å². The first-order chi connectivity index (χ1) is 6.34. The number of hydrogen-bond acceptors (Lipinski definition) is 2. The summed E-state index contributed by atoms with van der Waals surface area (Å²) in [5, 5.41) is 8.94. The van der Waals surface area contributed by atoms with Crippen molar-refractivity contribution in [2.24, 2.45) is 5.92 Å². The Morgan fingerprint density at radius 3 is 2.77 bits per heavy atom. The largest absolute Gasteiger partial charge is 0.376 e. The third-order valence-corrected chi connectivity index (χ3v) is 3.06. The number of aliphatic hydroxyl groups excluding tert-OH is 1. The third-order valence-electron chi connectivity index (χ3n) is 3.06. The first-order valence-corrected chi connectivity index (χ1v) is 4.91.